The lowest BCUT2D eigenvalue weighted by Gasteiger charge is -2.11. The number of aromatic hydroxyl groups is 2. The van der Waals surface area contributed by atoms with Gasteiger partial charge in [-0.05, 0) is 68.6 Å². The molecule has 2 aromatic carbocycles. The fraction of sp³-hybridized carbons (Fsp3) is 0.118. The van der Waals surface area contributed by atoms with E-state index in [0.717, 1.165) is 0 Å². The van der Waals surface area contributed by atoms with Crippen molar-refractivity contribution in [1.82, 2.24) is 10.7 Å². The van der Waals surface area contributed by atoms with E-state index < -0.39 is 11.8 Å². The summed E-state index contributed by atoms with van der Waals surface area (Å²) in [6, 6.07) is 6.23. The lowest BCUT2D eigenvalue weighted by Crippen LogP contribution is -2.34. The molecule has 4 N–H and O–H groups in total. The van der Waals surface area contributed by atoms with Gasteiger partial charge < -0.3 is 15.5 Å². The molecule has 2 aromatic rings. The molecule has 0 aliphatic carbocycles. The van der Waals surface area contributed by atoms with Crippen molar-refractivity contribution < 1.29 is 19.8 Å². The Morgan fingerprint density at radius 3 is 2.41 bits per heavy atom. The lowest BCUT2D eigenvalue weighted by molar-refractivity contribution is -0.120. The van der Waals surface area contributed by atoms with Crippen molar-refractivity contribution in [3.63, 3.8) is 0 Å². The summed E-state index contributed by atoms with van der Waals surface area (Å²) in [5.41, 5.74) is 3.45. The Hall–Kier alpha value is -2.10. The molecule has 0 atom stereocenters. The molecule has 142 valence electrons. The minimum Gasteiger partial charge on any atom is -0.506 e. The molecule has 0 saturated carbocycles. The molecule has 0 unspecified atom stereocenters. The summed E-state index contributed by atoms with van der Waals surface area (Å²) in [5, 5.41) is 26.6. The zero-order valence-electron chi connectivity index (χ0n) is 13.9. The molecule has 27 heavy (non-hydrogen) atoms. The first-order chi connectivity index (χ1) is 12.7. The number of nitrogens with one attached hydrogen (secondary N) is 2. The third-order valence-electron chi connectivity index (χ3n) is 3.51. The second kappa shape index (κ2) is 9.20. The molecular weight excluding hydrogens is 505 g/mol. The SMILES string of the molecule is Cc1c(Br)c(O)c(Br)c(O)c1/C=N/NC(=O)CNC(=O)c1ccc(Cl)cc1. The van der Waals surface area contributed by atoms with E-state index >= 15 is 0 Å². The van der Waals surface area contributed by atoms with Gasteiger partial charge in [-0.1, -0.05) is 11.6 Å². The number of phenolic OH excluding ortho intramolecular Hbond substituents is 2. The molecule has 0 heterocycles. The summed E-state index contributed by atoms with van der Waals surface area (Å²) in [5.74, 6) is -1.34. The summed E-state index contributed by atoms with van der Waals surface area (Å²) in [6.07, 6.45) is 1.23. The third kappa shape index (κ3) is 5.21. The predicted molar refractivity (Wildman–Crippen MR) is 109 cm³/mol. The van der Waals surface area contributed by atoms with Crippen molar-refractivity contribution >= 4 is 61.5 Å². The molecule has 0 aliphatic rings. The Labute approximate surface area is 176 Å². The number of hydrogen-bond acceptors (Lipinski definition) is 5. The fourth-order valence-electron chi connectivity index (χ4n) is 2.03. The number of amides is 2. The largest absolute Gasteiger partial charge is 0.506 e. The van der Waals surface area contributed by atoms with E-state index in [1.807, 2.05) is 0 Å². The van der Waals surface area contributed by atoms with E-state index in [1.54, 1.807) is 31.2 Å². The summed E-state index contributed by atoms with van der Waals surface area (Å²) < 4.78 is 0.484. The monoisotopic (exact) mass is 517 g/mol. The topological polar surface area (TPSA) is 111 Å². The average Bonchev–Trinajstić information content (AvgIpc) is 2.66. The maximum absolute atomic E-state index is 11.9. The van der Waals surface area contributed by atoms with Crippen molar-refractivity contribution in [2.75, 3.05) is 6.54 Å². The van der Waals surface area contributed by atoms with Crippen molar-refractivity contribution in [2.24, 2.45) is 5.10 Å². The van der Waals surface area contributed by atoms with E-state index in [4.69, 9.17) is 11.6 Å². The van der Waals surface area contributed by atoms with Crippen LogP contribution in [0.4, 0.5) is 0 Å². The van der Waals surface area contributed by atoms with Gasteiger partial charge in [0.2, 0.25) is 0 Å². The van der Waals surface area contributed by atoms with Gasteiger partial charge in [-0.15, -0.1) is 0 Å². The van der Waals surface area contributed by atoms with Crippen molar-refractivity contribution in [1.29, 1.82) is 0 Å². The number of phenols is 2. The first-order valence-electron chi connectivity index (χ1n) is 7.47. The maximum Gasteiger partial charge on any atom is 0.259 e. The number of carbonyl (C=O) groups excluding carboxylic acids is 2. The van der Waals surface area contributed by atoms with Gasteiger partial charge in [0.15, 0.2) is 0 Å². The smallest absolute Gasteiger partial charge is 0.259 e. The van der Waals surface area contributed by atoms with E-state index in [9.17, 15) is 19.8 Å². The summed E-state index contributed by atoms with van der Waals surface area (Å²) in [4.78, 5) is 23.7. The second-order valence-electron chi connectivity index (χ2n) is 5.35. The Bertz CT molecular complexity index is 888. The molecule has 0 aromatic heterocycles. The molecule has 0 bridgehead atoms. The molecular formula is C17H14Br2ClN3O4. The zero-order valence-corrected chi connectivity index (χ0v) is 17.8. The molecule has 10 heteroatoms. The van der Waals surface area contributed by atoms with Gasteiger partial charge in [-0.25, -0.2) is 5.43 Å². The van der Waals surface area contributed by atoms with Crippen LogP contribution in [0.5, 0.6) is 11.5 Å². The van der Waals surface area contributed by atoms with Crippen LogP contribution in [-0.4, -0.2) is 34.8 Å². The number of halogens is 3. The average molecular weight is 520 g/mol. The molecule has 2 rings (SSSR count). The molecule has 2 amide bonds. The van der Waals surface area contributed by atoms with Gasteiger partial charge in [0.1, 0.15) is 16.0 Å². The second-order valence-corrected chi connectivity index (χ2v) is 7.37. The van der Waals surface area contributed by atoms with E-state index in [-0.39, 0.29) is 22.5 Å². The highest BCUT2D eigenvalue weighted by Gasteiger charge is 2.17. The normalized spacial score (nSPS) is 10.8. The minimum atomic E-state index is -0.553. The van der Waals surface area contributed by atoms with E-state index in [1.165, 1.54) is 6.21 Å². The van der Waals surface area contributed by atoms with Crippen LogP contribution in [-0.2, 0) is 4.79 Å². The van der Waals surface area contributed by atoms with Crippen molar-refractivity contribution in [3.05, 3.63) is 54.9 Å². The number of hydrazone groups is 1. The maximum atomic E-state index is 11.9. The zero-order chi connectivity index (χ0) is 20.1. The molecule has 7 nitrogen and oxygen atoms in total. The van der Waals surface area contributed by atoms with Crippen LogP contribution >= 0.6 is 43.5 Å². The molecule has 0 aliphatic heterocycles. The standard InChI is InChI=1S/C17H14Br2ClN3O4/c1-8-11(15(25)14(19)16(26)13(8)18)6-22-23-12(24)7-21-17(27)9-2-4-10(20)5-3-9/h2-6,25-26H,7H2,1H3,(H,21,27)(H,23,24)/b22-6+. The Morgan fingerprint density at radius 1 is 1.15 bits per heavy atom. The van der Waals surface area contributed by atoms with Crippen molar-refractivity contribution in [3.8, 4) is 11.5 Å². The Morgan fingerprint density at radius 2 is 1.78 bits per heavy atom. The summed E-state index contributed by atoms with van der Waals surface area (Å²) in [7, 11) is 0. The minimum absolute atomic E-state index is 0.1000. The summed E-state index contributed by atoms with van der Waals surface area (Å²) >= 11 is 12.0. The van der Waals surface area contributed by atoms with Crippen LogP contribution in [0.1, 0.15) is 21.5 Å². The number of carbonyl (C=O) groups is 2. The number of rotatable bonds is 5. The quantitative estimate of drug-likeness (QED) is 0.358. The first-order valence-corrected chi connectivity index (χ1v) is 9.44. The van der Waals surface area contributed by atoms with Crippen LogP contribution in [0.2, 0.25) is 5.02 Å². The van der Waals surface area contributed by atoms with Crippen LogP contribution in [0.25, 0.3) is 0 Å². The van der Waals surface area contributed by atoms with Gasteiger partial charge in [-0.3, -0.25) is 9.59 Å². The van der Waals surface area contributed by atoms with E-state index in [2.05, 4.69) is 47.7 Å². The van der Waals surface area contributed by atoms with Gasteiger partial charge in [-0.2, -0.15) is 5.10 Å². The third-order valence-corrected chi connectivity index (χ3v) is 5.48. The Balaban J connectivity index is 1.96. The van der Waals surface area contributed by atoms with Crippen LogP contribution in [0, 0.1) is 6.92 Å². The number of nitrogens with zero attached hydrogens (tertiary/aromatic N) is 1. The highest BCUT2D eigenvalue weighted by Crippen LogP contribution is 2.43. The van der Waals surface area contributed by atoms with Gasteiger partial charge in [0.05, 0.1) is 17.2 Å². The van der Waals surface area contributed by atoms with Gasteiger partial charge in [0, 0.05) is 16.1 Å². The highest BCUT2D eigenvalue weighted by molar-refractivity contribution is 9.11. The fourth-order valence-corrected chi connectivity index (χ4v) is 3.25. The van der Waals surface area contributed by atoms with Gasteiger partial charge >= 0.3 is 0 Å². The summed E-state index contributed by atoms with van der Waals surface area (Å²) in [6.45, 7) is 1.37. The highest BCUT2D eigenvalue weighted by atomic mass is 79.9. The lowest BCUT2D eigenvalue weighted by atomic mass is 10.1. The molecule has 0 radical (unpaired) electrons. The van der Waals surface area contributed by atoms with Crippen LogP contribution in [0.15, 0.2) is 38.3 Å². The van der Waals surface area contributed by atoms with Crippen LogP contribution < -0.4 is 10.7 Å². The van der Waals surface area contributed by atoms with Crippen LogP contribution in [0.3, 0.4) is 0 Å². The first kappa shape index (κ1) is 21.2. The van der Waals surface area contributed by atoms with Crippen molar-refractivity contribution in [2.45, 2.75) is 6.92 Å². The molecule has 0 fully saturated rings. The number of hydrogen-bond donors (Lipinski definition) is 4. The molecule has 0 saturated heterocycles. The number of benzene rings is 2. The van der Waals surface area contributed by atoms with Gasteiger partial charge in [0.25, 0.3) is 11.8 Å². The van der Waals surface area contributed by atoms with E-state index in [0.29, 0.717) is 26.2 Å². The molecule has 0 spiro atoms. The predicted octanol–water partition coefficient (Wildman–Crippen LogP) is 3.46. The Kier molecular flexibility index (Phi) is 7.23.